The lowest BCUT2D eigenvalue weighted by Gasteiger charge is -2.32. The van der Waals surface area contributed by atoms with Crippen molar-refractivity contribution in [2.24, 2.45) is 5.84 Å². The minimum atomic E-state index is -1.64. The molecule has 16 heavy (non-hydrogen) atoms. The van der Waals surface area contributed by atoms with Crippen LogP contribution in [0.3, 0.4) is 0 Å². The molecule has 0 fully saturated rings. The zero-order valence-electron chi connectivity index (χ0n) is 8.61. The van der Waals surface area contributed by atoms with Crippen LogP contribution in [0.15, 0.2) is 24.3 Å². The van der Waals surface area contributed by atoms with Crippen molar-refractivity contribution in [2.45, 2.75) is 12.5 Å². The Morgan fingerprint density at radius 1 is 1.50 bits per heavy atom. The van der Waals surface area contributed by atoms with Gasteiger partial charge < -0.3 is 10.1 Å². The van der Waals surface area contributed by atoms with E-state index in [-0.39, 0.29) is 0 Å². The third kappa shape index (κ3) is 1.40. The molecule has 1 aromatic carbocycles. The van der Waals surface area contributed by atoms with E-state index >= 15 is 0 Å². The first-order chi connectivity index (χ1) is 7.58. The Labute approximate surface area is 91.7 Å². The van der Waals surface area contributed by atoms with Crippen molar-refractivity contribution in [1.29, 1.82) is 0 Å². The zero-order valence-corrected chi connectivity index (χ0v) is 8.61. The van der Waals surface area contributed by atoms with Gasteiger partial charge in [0.1, 0.15) is 5.75 Å². The smallest absolute Gasteiger partial charge is 0.287 e. The number of hydrogen-bond acceptors (Lipinski definition) is 4. The summed E-state index contributed by atoms with van der Waals surface area (Å²) >= 11 is 0. The second kappa shape index (κ2) is 3.49. The van der Waals surface area contributed by atoms with E-state index in [0.717, 1.165) is 0 Å². The molecule has 1 atom stereocenters. The molecule has 2 amide bonds. The van der Waals surface area contributed by atoms with Crippen LogP contribution in [-0.4, -0.2) is 17.4 Å². The van der Waals surface area contributed by atoms with Gasteiger partial charge in [-0.3, -0.25) is 15.0 Å². The van der Waals surface area contributed by atoms with Gasteiger partial charge in [-0.15, -0.1) is 0 Å². The fraction of sp³-hybridized carbons (Fsp3) is 0.200. The molecule has 0 saturated heterocycles. The molecule has 0 aliphatic carbocycles. The molecule has 6 heteroatoms. The van der Waals surface area contributed by atoms with E-state index in [2.05, 4.69) is 5.32 Å². The number of rotatable bonds is 1. The molecule has 2 rings (SSSR count). The fourth-order valence-electron chi connectivity index (χ4n) is 1.45. The maximum Gasteiger partial charge on any atom is 0.287 e. The Morgan fingerprint density at radius 3 is 2.88 bits per heavy atom. The van der Waals surface area contributed by atoms with Crippen molar-refractivity contribution < 1.29 is 14.3 Å². The number of benzene rings is 1. The second-order valence-corrected chi connectivity index (χ2v) is 3.56. The van der Waals surface area contributed by atoms with E-state index in [0.29, 0.717) is 11.4 Å². The first-order valence-electron chi connectivity index (χ1n) is 4.68. The van der Waals surface area contributed by atoms with E-state index < -0.39 is 17.4 Å². The normalized spacial score (nSPS) is 22.8. The molecule has 4 N–H and O–H groups in total. The number of ether oxygens (including phenoxy) is 1. The summed E-state index contributed by atoms with van der Waals surface area (Å²) in [6, 6.07) is 6.86. The summed E-state index contributed by atoms with van der Waals surface area (Å²) in [6.07, 6.45) is 0. The molecule has 84 valence electrons. The number of hydrogen-bond donors (Lipinski definition) is 3. The van der Waals surface area contributed by atoms with E-state index in [4.69, 9.17) is 10.6 Å². The van der Waals surface area contributed by atoms with Crippen molar-refractivity contribution >= 4 is 17.5 Å². The number of amides is 2. The average Bonchev–Trinajstić information content (AvgIpc) is 2.29. The van der Waals surface area contributed by atoms with Gasteiger partial charge in [0.25, 0.3) is 17.4 Å². The predicted octanol–water partition coefficient (Wildman–Crippen LogP) is -0.234. The van der Waals surface area contributed by atoms with Crippen LogP contribution >= 0.6 is 0 Å². The topological polar surface area (TPSA) is 93.5 Å². The van der Waals surface area contributed by atoms with Crippen LogP contribution in [0.1, 0.15) is 6.92 Å². The van der Waals surface area contributed by atoms with E-state index in [1.807, 2.05) is 5.43 Å². The van der Waals surface area contributed by atoms with Gasteiger partial charge in [-0.1, -0.05) is 12.1 Å². The maximum atomic E-state index is 11.7. The highest BCUT2D eigenvalue weighted by Crippen LogP contribution is 2.33. The lowest BCUT2D eigenvalue weighted by molar-refractivity contribution is -0.146. The molecule has 1 aromatic rings. The van der Waals surface area contributed by atoms with Gasteiger partial charge in [0.2, 0.25) is 0 Å². The molecule has 1 aliphatic rings. The number of anilines is 1. The van der Waals surface area contributed by atoms with E-state index in [9.17, 15) is 9.59 Å². The number of carbonyl (C=O) groups is 2. The van der Waals surface area contributed by atoms with Crippen LogP contribution in [0.25, 0.3) is 0 Å². The highest BCUT2D eigenvalue weighted by Gasteiger charge is 2.46. The number of hydrazine groups is 1. The van der Waals surface area contributed by atoms with Crippen molar-refractivity contribution in [3.63, 3.8) is 0 Å². The van der Waals surface area contributed by atoms with Crippen LogP contribution in [0.4, 0.5) is 5.69 Å². The molecule has 0 bridgehead atoms. The van der Waals surface area contributed by atoms with Gasteiger partial charge in [0, 0.05) is 0 Å². The van der Waals surface area contributed by atoms with Crippen molar-refractivity contribution in [3.05, 3.63) is 24.3 Å². The Morgan fingerprint density at radius 2 is 2.19 bits per heavy atom. The lowest BCUT2D eigenvalue weighted by atomic mass is 10.0. The van der Waals surface area contributed by atoms with Crippen molar-refractivity contribution in [1.82, 2.24) is 5.43 Å². The summed E-state index contributed by atoms with van der Waals surface area (Å²) < 4.78 is 5.38. The van der Waals surface area contributed by atoms with E-state index in [1.165, 1.54) is 6.92 Å². The van der Waals surface area contributed by atoms with Crippen LogP contribution in [0.5, 0.6) is 5.75 Å². The Balaban J connectivity index is 2.41. The highest BCUT2D eigenvalue weighted by molar-refractivity contribution is 6.15. The van der Waals surface area contributed by atoms with Crippen molar-refractivity contribution in [3.8, 4) is 5.75 Å². The van der Waals surface area contributed by atoms with Gasteiger partial charge >= 0.3 is 0 Å². The van der Waals surface area contributed by atoms with Crippen LogP contribution in [0.2, 0.25) is 0 Å². The van der Waals surface area contributed by atoms with Gasteiger partial charge in [-0.05, 0) is 19.1 Å². The molecule has 0 radical (unpaired) electrons. The molecule has 6 nitrogen and oxygen atoms in total. The maximum absolute atomic E-state index is 11.7. The summed E-state index contributed by atoms with van der Waals surface area (Å²) in [4.78, 5) is 23.2. The molecule has 0 saturated carbocycles. The first kappa shape index (κ1) is 10.4. The highest BCUT2D eigenvalue weighted by atomic mass is 16.5. The van der Waals surface area contributed by atoms with Gasteiger partial charge in [-0.25, -0.2) is 5.84 Å². The monoisotopic (exact) mass is 221 g/mol. The molecular formula is C10H11N3O3. The molecule has 1 heterocycles. The minimum absolute atomic E-state index is 0.438. The van der Waals surface area contributed by atoms with Crippen molar-refractivity contribution in [2.75, 3.05) is 5.32 Å². The molecule has 1 aliphatic heterocycles. The molecule has 0 spiro atoms. The number of carbonyl (C=O) groups excluding carboxylic acids is 2. The lowest BCUT2D eigenvalue weighted by Crippen LogP contribution is -2.60. The summed E-state index contributed by atoms with van der Waals surface area (Å²) in [6.45, 7) is 1.36. The molecule has 0 aromatic heterocycles. The second-order valence-electron chi connectivity index (χ2n) is 3.56. The van der Waals surface area contributed by atoms with Gasteiger partial charge in [-0.2, -0.15) is 0 Å². The molecule has 0 unspecified atom stereocenters. The standard InChI is InChI=1S/C10H11N3O3/c1-10(9(15)13-11)8(14)12-6-4-2-3-5-7(6)16-10/h2-5H,11H2,1H3,(H,12,14)(H,13,15)/t10-/m1/s1. The summed E-state index contributed by atoms with van der Waals surface area (Å²) in [5, 5.41) is 2.59. The van der Waals surface area contributed by atoms with Gasteiger partial charge in [0.15, 0.2) is 0 Å². The zero-order chi connectivity index (χ0) is 11.8. The minimum Gasteiger partial charge on any atom is -0.465 e. The largest absolute Gasteiger partial charge is 0.465 e. The van der Waals surface area contributed by atoms with Crippen LogP contribution < -0.4 is 21.3 Å². The number of nitrogens with one attached hydrogen (secondary N) is 2. The third-order valence-electron chi connectivity index (χ3n) is 2.45. The SMILES string of the molecule is C[C@@]1(C(=O)NN)Oc2ccccc2NC1=O. The first-order valence-corrected chi connectivity index (χ1v) is 4.68. The Hall–Kier alpha value is -2.08. The average molecular weight is 221 g/mol. The number of fused-ring (bicyclic) bond motifs is 1. The van der Waals surface area contributed by atoms with Gasteiger partial charge in [0.05, 0.1) is 5.69 Å². The fourth-order valence-corrected chi connectivity index (χ4v) is 1.45. The van der Waals surface area contributed by atoms with E-state index in [1.54, 1.807) is 24.3 Å². The quantitative estimate of drug-likeness (QED) is 0.264. The summed E-state index contributed by atoms with van der Waals surface area (Å²) in [5.41, 5.74) is 0.813. The number of nitrogens with two attached hydrogens (primary N) is 1. The third-order valence-corrected chi connectivity index (χ3v) is 2.45. The summed E-state index contributed by atoms with van der Waals surface area (Å²) in [7, 11) is 0. The van der Waals surface area contributed by atoms with Crippen LogP contribution in [0, 0.1) is 0 Å². The van der Waals surface area contributed by atoms with Crippen LogP contribution in [-0.2, 0) is 9.59 Å². The Bertz CT molecular complexity index is 460. The number of para-hydroxylation sites is 2. The summed E-state index contributed by atoms with van der Waals surface area (Å²) in [5.74, 6) is 4.21. The Kier molecular flexibility index (Phi) is 2.28. The molecular weight excluding hydrogens is 210 g/mol. The predicted molar refractivity (Wildman–Crippen MR) is 56.4 cm³/mol.